The van der Waals surface area contributed by atoms with Crippen LogP contribution >= 0.6 is 0 Å². The number of fused-ring (bicyclic) bond motifs is 1. The molecule has 0 atom stereocenters. The number of imidazole rings is 1. The zero-order valence-electron chi connectivity index (χ0n) is 23.8. The maximum atomic E-state index is 13.4. The van der Waals surface area contributed by atoms with Gasteiger partial charge in [-0.05, 0) is 70.2 Å². The highest BCUT2D eigenvalue weighted by Crippen LogP contribution is 2.33. The second-order valence-electron chi connectivity index (χ2n) is 11.1. The first-order valence-corrected chi connectivity index (χ1v) is 14.6. The number of pyridine rings is 1. The molecule has 2 fully saturated rings. The molecule has 5 rings (SSSR count). The molecule has 220 valence electrons. The lowest BCUT2D eigenvalue weighted by molar-refractivity contribution is -0.126. The lowest BCUT2D eigenvalue weighted by Crippen LogP contribution is -2.38. The van der Waals surface area contributed by atoms with Crippen LogP contribution in [0.2, 0.25) is 0 Å². The fourth-order valence-electron chi connectivity index (χ4n) is 5.59. The van der Waals surface area contributed by atoms with E-state index in [1.165, 1.54) is 24.3 Å². The number of hydrogen-bond donors (Lipinski definition) is 2. The zero-order chi connectivity index (χ0) is 28.8. The third kappa shape index (κ3) is 7.39. The van der Waals surface area contributed by atoms with Gasteiger partial charge in [-0.2, -0.15) is 4.99 Å². The maximum absolute atomic E-state index is 13.4. The van der Waals surface area contributed by atoms with Gasteiger partial charge in [0.15, 0.2) is 0 Å². The molecule has 10 nitrogen and oxygen atoms in total. The number of amides is 2. The fourth-order valence-corrected chi connectivity index (χ4v) is 5.59. The van der Waals surface area contributed by atoms with Gasteiger partial charge in [0, 0.05) is 49.3 Å². The molecule has 1 aliphatic carbocycles. The van der Waals surface area contributed by atoms with Crippen molar-refractivity contribution in [3.8, 4) is 5.88 Å². The summed E-state index contributed by atoms with van der Waals surface area (Å²) in [6, 6.07) is 7.37. The Balaban J connectivity index is 1.38. The van der Waals surface area contributed by atoms with Crippen molar-refractivity contribution < 1.29 is 23.5 Å². The molecule has 0 bridgehead atoms. The Morgan fingerprint density at radius 1 is 1.17 bits per heavy atom. The van der Waals surface area contributed by atoms with Crippen LogP contribution in [-0.2, 0) is 9.53 Å². The summed E-state index contributed by atoms with van der Waals surface area (Å²) < 4.78 is 26.9. The summed E-state index contributed by atoms with van der Waals surface area (Å²) in [6.07, 6.45) is 5.58. The van der Waals surface area contributed by atoms with E-state index in [0.29, 0.717) is 23.7 Å². The number of aromatic amines is 1. The third-order valence-electron chi connectivity index (χ3n) is 7.73. The van der Waals surface area contributed by atoms with Crippen LogP contribution in [0.25, 0.3) is 11.0 Å². The van der Waals surface area contributed by atoms with E-state index in [0.717, 1.165) is 76.0 Å². The van der Waals surface area contributed by atoms with Crippen molar-refractivity contribution >= 4 is 22.8 Å². The molecule has 0 unspecified atom stereocenters. The molecule has 41 heavy (non-hydrogen) atoms. The summed E-state index contributed by atoms with van der Waals surface area (Å²) in [6.45, 7) is 8.84. The Labute approximate surface area is 239 Å². The Morgan fingerprint density at radius 2 is 1.90 bits per heavy atom. The Kier molecular flexibility index (Phi) is 9.45. The second-order valence-corrected chi connectivity index (χ2v) is 11.1. The highest BCUT2D eigenvalue weighted by atomic mass is 19.1. The highest BCUT2D eigenvalue weighted by molar-refractivity contribution is 5.94. The SMILES string of the molecule is CC(C)NC(=O)[C@H]1CC[C@@H](n2/c(=N/C(=O)c3ccc(F)cc3)[nH]c3cnc(OCCCN4CCOCC4)cc32)CC1. The number of carbonyl (C=O) groups is 2. The number of nitrogens with zero attached hydrogens (tertiary/aromatic N) is 4. The minimum absolute atomic E-state index is 0.0307. The van der Waals surface area contributed by atoms with E-state index in [9.17, 15) is 14.0 Å². The smallest absolute Gasteiger partial charge is 0.280 e. The molecule has 3 heterocycles. The van der Waals surface area contributed by atoms with Gasteiger partial charge >= 0.3 is 0 Å². The monoisotopic (exact) mass is 566 g/mol. The largest absolute Gasteiger partial charge is 0.478 e. The molecule has 0 spiro atoms. The predicted molar refractivity (Wildman–Crippen MR) is 152 cm³/mol. The second kappa shape index (κ2) is 13.4. The zero-order valence-corrected chi connectivity index (χ0v) is 23.8. The average molecular weight is 567 g/mol. The van der Waals surface area contributed by atoms with Crippen molar-refractivity contribution in [2.24, 2.45) is 10.9 Å². The van der Waals surface area contributed by atoms with E-state index in [2.05, 4.69) is 25.2 Å². The number of halogens is 1. The lowest BCUT2D eigenvalue weighted by Gasteiger charge is -2.29. The van der Waals surface area contributed by atoms with Crippen molar-refractivity contribution in [1.29, 1.82) is 0 Å². The van der Waals surface area contributed by atoms with E-state index in [4.69, 9.17) is 9.47 Å². The molecule has 2 aromatic heterocycles. The number of carbonyl (C=O) groups excluding carboxylic acids is 2. The van der Waals surface area contributed by atoms with Crippen LogP contribution in [0.15, 0.2) is 41.5 Å². The highest BCUT2D eigenvalue weighted by Gasteiger charge is 2.29. The quantitative estimate of drug-likeness (QED) is 0.383. The normalized spacial score (nSPS) is 20.4. The van der Waals surface area contributed by atoms with Crippen molar-refractivity contribution in [2.45, 2.75) is 58.0 Å². The van der Waals surface area contributed by atoms with Crippen LogP contribution < -0.4 is 15.7 Å². The molecule has 1 aromatic carbocycles. The van der Waals surface area contributed by atoms with Gasteiger partial charge in [-0.15, -0.1) is 0 Å². The van der Waals surface area contributed by atoms with Crippen LogP contribution in [-0.4, -0.2) is 76.7 Å². The fraction of sp³-hybridized carbons (Fsp3) is 0.533. The molecular formula is C30H39FN6O4. The summed E-state index contributed by atoms with van der Waals surface area (Å²) in [5.74, 6) is -0.316. The summed E-state index contributed by atoms with van der Waals surface area (Å²) in [5.41, 5.74) is 2.27. The molecule has 1 saturated heterocycles. The number of hydrogen-bond acceptors (Lipinski definition) is 6. The maximum Gasteiger partial charge on any atom is 0.280 e. The van der Waals surface area contributed by atoms with Crippen molar-refractivity contribution in [1.82, 2.24) is 24.8 Å². The Bertz CT molecular complexity index is 1400. The standard InChI is InChI=1S/C30H39FN6O4/c1-20(2)33-28(38)22-6-10-24(11-7-22)37-26-18-27(41-15-3-12-36-13-16-40-17-14-36)32-19-25(26)34-30(37)35-29(39)21-4-8-23(31)9-5-21/h4-5,8-9,18-20,22,24H,3,6-7,10-17H2,1-2H3,(H,33,38)(H,34,35,39)/t22-,24+. The molecule has 0 radical (unpaired) electrons. The number of H-pyrrole nitrogens is 1. The van der Waals surface area contributed by atoms with E-state index in [-0.39, 0.29) is 23.9 Å². The third-order valence-corrected chi connectivity index (χ3v) is 7.73. The van der Waals surface area contributed by atoms with Gasteiger partial charge in [0.2, 0.25) is 17.4 Å². The number of ether oxygens (including phenoxy) is 2. The van der Waals surface area contributed by atoms with Gasteiger partial charge in [0.05, 0.1) is 37.1 Å². The van der Waals surface area contributed by atoms with Gasteiger partial charge in [0.1, 0.15) is 5.82 Å². The van der Waals surface area contributed by atoms with Crippen LogP contribution in [0.1, 0.15) is 62.4 Å². The minimum atomic E-state index is -0.470. The first-order chi connectivity index (χ1) is 19.9. The molecule has 1 aliphatic heterocycles. The number of nitrogens with one attached hydrogen (secondary N) is 2. The molecular weight excluding hydrogens is 527 g/mol. The number of rotatable bonds is 9. The van der Waals surface area contributed by atoms with Gasteiger partial charge in [-0.25, -0.2) is 9.37 Å². The van der Waals surface area contributed by atoms with Crippen LogP contribution in [0.3, 0.4) is 0 Å². The van der Waals surface area contributed by atoms with Crippen molar-refractivity contribution in [3.63, 3.8) is 0 Å². The van der Waals surface area contributed by atoms with Crippen molar-refractivity contribution in [2.75, 3.05) is 39.5 Å². The van der Waals surface area contributed by atoms with Gasteiger partial charge < -0.3 is 24.3 Å². The number of aromatic nitrogens is 3. The van der Waals surface area contributed by atoms with Gasteiger partial charge in [0.25, 0.3) is 5.91 Å². The summed E-state index contributed by atoms with van der Waals surface area (Å²) in [7, 11) is 0. The molecule has 2 amide bonds. The first-order valence-electron chi connectivity index (χ1n) is 14.6. The summed E-state index contributed by atoms with van der Waals surface area (Å²) >= 11 is 0. The van der Waals surface area contributed by atoms with Crippen molar-refractivity contribution in [3.05, 3.63) is 53.5 Å². The molecule has 1 saturated carbocycles. The minimum Gasteiger partial charge on any atom is -0.478 e. The summed E-state index contributed by atoms with van der Waals surface area (Å²) in [4.78, 5) is 40.2. The van der Waals surface area contributed by atoms with Crippen LogP contribution in [0.4, 0.5) is 4.39 Å². The topological polar surface area (TPSA) is 114 Å². The van der Waals surface area contributed by atoms with Crippen LogP contribution in [0, 0.1) is 11.7 Å². The molecule has 2 N–H and O–H groups in total. The van der Waals surface area contributed by atoms with Crippen LogP contribution in [0.5, 0.6) is 5.88 Å². The Hall–Kier alpha value is -3.57. The van der Waals surface area contributed by atoms with Gasteiger partial charge in [-0.3, -0.25) is 14.5 Å². The predicted octanol–water partition coefficient (Wildman–Crippen LogP) is 3.60. The average Bonchev–Trinajstić information content (AvgIpc) is 3.33. The van der Waals surface area contributed by atoms with E-state index < -0.39 is 11.7 Å². The molecule has 3 aromatic rings. The van der Waals surface area contributed by atoms with Gasteiger partial charge in [-0.1, -0.05) is 0 Å². The molecule has 2 aliphatic rings. The number of benzene rings is 1. The Morgan fingerprint density at radius 3 is 2.61 bits per heavy atom. The number of morpholine rings is 1. The van der Waals surface area contributed by atoms with E-state index in [1.54, 1.807) is 6.20 Å². The summed E-state index contributed by atoms with van der Waals surface area (Å²) in [5, 5.41) is 3.03. The van der Waals surface area contributed by atoms with E-state index in [1.807, 2.05) is 24.5 Å². The lowest BCUT2D eigenvalue weighted by atomic mass is 9.85. The first kappa shape index (κ1) is 28.9. The van der Waals surface area contributed by atoms with E-state index >= 15 is 0 Å². The molecule has 11 heteroatoms.